The highest BCUT2D eigenvalue weighted by molar-refractivity contribution is 5.35. The highest BCUT2D eigenvalue weighted by atomic mass is 15.1. The molecule has 1 N–H and O–H groups in total. The van der Waals surface area contributed by atoms with E-state index in [1.54, 1.807) is 0 Å². The third-order valence-electron chi connectivity index (χ3n) is 3.72. The van der Waals surface area contributed by atoms with Crippen molar-refractivity contribution in [2.45, 2.75) is 46.6 Å². The molecular formula is C18H27N3. The number of aryl methyl sites for hydroxylation is 1. The fourth-order valence-corrected chi connectivity index (χ4v) is 2.56. The fraction of sp³-hybridized carbons (Fsp3) is 0.500. The quantitative estimate of drug-likeness (QED) is 0.740. The standard InChI is InChI=1S/C18H27N3/c1-15(2)9-7-8-12-19-13-18-14-20-16(3)21(18)17-10-5-4-6-11-17/h4-6,10-11,14-15,19H,7-9,12-13H2,1-3H3. The number of para-hydroxylation sites is 1. The topological polar surface area (TPSA) is 29.9 Å². The summed E-state index contributed by atoms with van der Waals surface area (Å²) in [5, 5.41) is 3.54. The predicted molar refractivity (Wildman–Crippen MR) is 88.7 cm³/mol. The molecule has 3 heteroatoms. The van der Waals surface area contributed by atoms with E-state index in [0.717, 1.165) is 24.8 Å². The normalized spacial score (nSPS) is 11.2. The molecule has 0 saturated carbocycles. The molecular weight excluding hydrogens is 258 g/mol. The number of nitrogens with one attached hydrogen (secondary N) is 1. The molecule has 3 nitrogen and oxygen atoms in total. The predicted octanol–water partition coefficient (Wildman–Crippen LogP) is 4.10. The summed E-state index contributed by atoms with van der Waals surface area (Å²) in [4.78, 5) is 4.45. The first-order chi connectivity index (χ1) is 10.2. The first kappa shape index (κ1) is 15.8. The Bertz CT molecular complexity index is 529. The smallest absolute Gasteiger partial charge is 0.110 e. The van der Waals surface area contributed by atoms with Gasteiger partial charge in [0.1, 0.15) is 5.82 Å². The van der Waals surface area contributed by atoms with Gasteiger partial charge in [-0.1, -0.05) is 44.9 Å². The second-order valence-corrected chi connectivity index (χ2v) is 6.03. The van der Waals surface area contributed by atoms with Gasteiger partial charge in [0.25, 0.3) is 0 Å². The summed E-state index contributed by atoms with van der Waals surface area (Å²) in [6.45, 7) is 8.57. The second-order valence-electron chi connectivity index (χ2n) is 6.03. The van der Waals surface area contributed by atoms with E-state index in [0.29, 0.717) is 0 Å². The van der Waals surface area contributed by atoms with E-state index < -0.39 is 0 Å². The minimum absolute atomic E-state index is 0.812. The number of unbranched alkanes of at least 4 members (excludes halogenated alkanes) is 1. The van der Waals surface area contributed by atoms with Gasteiger partial charge in [-0.25, -0.2) is 4.98 Å². The van der Waals surface area contributed by atoms with E-state index >= 15 is 0 Å². The van der Waals surface area contributed by atoms with Gasteiger partial charge in [0.05, 0.1) is 11.9 Å². The molecule has 21 heavy (non-hydrogen) atoms. The van der Waals surface area contributed by atoms with Gasteiger partial charge in [0.2, 0.25) is 0 Å². The van der Waals surface area contributed by atoms with Crippen LogP contribution in [0.25, 0.3) is 5.69 Å². The average molecular weight is 285 g/mol. The largest absolute Gasteiger partial charge is 0.311 e. The Balaban J connectivity index is 1.87. The van der Waals surface area contributed by atoms with Gasteiger partial charge in [0, 0.05) is 12.2 Å². The van der Waals surface area contributed by atoms with Gasteiger partial charge in [0.15, 0.2) is 0 Å². The number of benzene rings is 1. The molecule has 0 aliphatic heterocycles. The lowest BCUT2D eigenvalue weighted by atomic mass is 10.1. The Kier molecular flexibility index (Phi) is 6.00. The number of hydrogen-bond acceptors (Lipinski definition) is 2. The van der Waals surface area contributed by atoms with E-state index in [-0.39, 0.29) is 0 Å². The molecule has 0 saturated heterocycles. The third-order valence-corrected chi connectivity index (χ3v) is 3.72. The van der Waals surface area contributed by atoms with Crippen LogP contribution in [-0.2, 0) is 6.54 Å². The van der Waals surface area contributed by atoms with Crippen LogP contribution in [-0.4, -0.2) is 16.1 Å². The summed E-state index contributed by atoms with van der Waals surface area (Å²) in [7, 11) is 0. The van der Waals surface area contributed by atoms with Crippen molar-refractivity contribution in [2.75, 3.05) is 6.54 Å². The van der Waals surface area contributed by atoms with Gasteiger partial charge in [-0.3, -0.25) is 4.57 Å². The summed E-state index contributed by atoms with van der Waals surface area (Å²) < 4.78 is 2.22. The van der Waals surface area contributed by atoms with E-state index in [4.69, 9.17) is 0 Å². The number of aromatic nitrogens is 2. The first-order valence-electron chi connectivity index (χ1n) is 7.98. The molecule has 1 aromatic carbocycles. The highest BCUT2D eigenvalue weighted by Gasteiger charge is 2.07. The molecule has 0 radical (unpaired) electrons. The Morgan fingerprint density at radius 3 is 2.62 bits per heavy atom. The van der Waals surface area contributed by atoms with Crippen molar-refractivity contribution >= 4 is 0 Å². The average Bonchev–Trinajstić information content (AvgIpc) is 2.84. The van der Waals surface area contributed by atoms with E-state index in [2.05, 4.69) is 59.9 Å². The molecule has 2 rings (SSSR count). The van der Waals surface area contributed by atoms with Crippen molar-refractivity contribution in [3.05, 3.63) is 48.0 Å². The number of rotatable bonds is 8. The lowest BCUT2D eigenvalue weighted by Crippen LogP contribution is -2.17. The van der Waals surface area contributed by atoms with E-state index in [1.807, 2.05) is 12.3 Å². The van der Waals surface area contributed by atoms with Crippen molar-refractivity contribution in [1.29, 1.82) is 0 Å². The highest BCUT2D eigenvalue weighted by Crippen LogP contribution is 2.14. The maximum absolute atomic E-state index is 4.45. The lowest BCUT2D eigenvalue weighted by molar-refractivity contribution is 0.518. The molecule has 2 aromatic rings. The van der Waals surface area contributed by atoms with E-state index in [9.17, 15) is 0 Å². The van der Waals surface area contributed by atoms with Crippen LogP contribution in [0.4, 0.5) is 0 Å². The SMILES string of the molecule is Cc1ncc(CNCCCCC(C)C)n1-c1ccccc1. The first-order valence-corrected chi connectivity index (χ1v) is 7.98. The Hall–Kier alpha value is -1.61. The molecule has 0 aliphatic carbocycles. The molecule has 0 spiro atoms. The van der Waals surface area contributed by atoms with Gasteiger partial charge in [-0.05, 0) is 37.9 Å². The van der Waals surface area contributed by atoms with Crippen LogP contribution < -0.4 is 5.32 Å². The van der Waals surface area contributed by atoms with Crippen LogP contribution >= 0.6 is 0 Å². The van der Waals surface area contributed by atoms with Crippen molar-refractivity contribution in [2.24, 2.45) is 5.92 Å². The zero-order valence-electron chi connectivity index (χ0n) is 13.5. The second kappa shape index (κ2) is 7.99. The van der Waals surface area contributed by atoms with Gasteiger partial charge < -0.3 is 5.32 Å². The summed E-state index contributed by atoms with van der Waals surface area (Å²) in [5.74, 6) is 1.85. The number of hydrogen-bond donors (Lipinski definition) is 1. The summed E-state index contributed by atoms with van der Waals surface area (Å²) in [5.41, 5.74) is 2.41. The van der Waals surface area contributed by atoms with Crippen molar-refractivity contribution in [3.63, 3.8) is 0 Å². The van der Waals surface area contributed by atoms with Crippen LogP contribution in [0, 0.1) is 12.8 Å². The van der Waals surface area contributed by atoms with Crippen LogP contribution in [0.3, 0.4) is 0 Å². The molecule has 0 unspecified atom stereocenters. The molecule has 114 valence electrons. The Morgan fingerprint density at radius 2 is 1.90 bits per heavy atom. The van der Waals surface area contributed by atoms with Crippen LogP contribution in [0.5, 0.6) is 0 Å². The van der Waals surface area contributed by atoms with Crippen molar-refractivity contribution in [3.8, 4) is 5.69 Å². The molecule has 0 bridgehead atoms. The summed E-state index contributed by atoms with van der Waals surface area (Å²) >= 11 is 0. The lowest BCUT2D eigenvalue weighted by Gasteiger charge is -2.11. The molecule has 1 aromatic heterocycles. The monoisotopic (exact) mass is 285 g/mol. The number of imidazole rings is 1. The van der Waals surface area contributed by atoms with Crippen molar-refractivity contribution < 1.29 is 0 Å². The Morgan fingerprint density at radius 1 is 1.14 bits per heavy atom. The van der Waals surface area contributed by atoms with Crippen LogP contribution in [0.2, 0.25) is 0 Å². The zero-order valence-corrected chi connectivity index (χ0v) is 13.5. The fourth-order valence-electron chi connectivity index (χ4n) is 2.56. The minimum atomic E-state index is 0.812. The maximum Gasteiger partial charge on any atom is 0.110 e. The molecule has 0 fully saturated rings. The maximum atomic E-state index is 4.45. The molecule has 0 atom stereocenters. The summed E-state index contributed by atoms with van der Waals surface area (Å²) in [6, 6.07) is 10.4. The Labute approximate surface area is 128 Å². The third kappa shape index (κ3) is 4.71. The number of nitrogens with zero attached hydrogens (tertiary/aromatic N) is 2. The summed E-state index contributed by atoms with van der Waals surface area (Å²) in [6.07, 6.45) is 5.85. The molecule has 0 amide bonds. The minimum Gasteiger partial charge on any atom is -0.311 e. The molecule has 0 aliphatic rings. The van der Waals surface area contributed by atoms with Gasteiger partial charge >= 0.3 is 0 Å². The van der Waals surface area contributed by atoms with Crippen LogP contribution in [0.15, 0.2) is 36.5 Å². The molecule has 1 heterocycles. The van der Waals surface area contributed by atoms with Gasteiger partial charge in [-0.2, -0.15) is 0 Å². The van der Waals surface area contributed by atoms with E-state index in [1.165, 1.54) is 30.6 Å². The van der Waals surface area contributed by atoms with Crippen molar-refractivity contribution in [1.82, 2.24) is 14.9 Å². The van der Waals surface area contributed by atoms with Crippen LogP contribution in [0.1, 0.15) is 44.6 Å². The zero-order chi connectivity index (χ0) is 15.1. The van der Waals surface area contributed by atoms with Gasteiger partial charge in [-0.15, -0.1) is 0 Å².